The Kier molecular flexibility index (Phi) is 3.23. The molecule has 1 atom stereocenters. The first-order valence-corrected chi connectivity index (χ1v) is 5.84. The number of aliphatic carboxylic acids is 1. The van der Waals surface area contributed by atoms with Crippen LogP contribution in [0.5, 0.6) is 0 Å². The summed E-state index contributed by atoms with van der Waals surface area (Å²) in [4.78, 5) is 24.1. The van der Waals surface area contributed by atoms with Crippen LogP contribution in [-0.2, 0) is 16.0 Å². The Hall–Kier alpha value is -2.04. The van der Waals surface area contributed by atoms with E-state index in [0.717, 1.165) is 16.9 Å². The first-order valence-electron chi connectivity index (χ1n) is 5.84. The molecule has 2 rings (SSSR count). The van der Waals surface area contributed by atoms with Crippen molar-refractivity contribution >= 4 is 23.3 Å². The predicted octanol–water partition coefficient (Wildman–Crippen LogP) is 1.34. The number of amides is 1. The Morgan fingerprint density at radius 3 is 2.94 bits per heavy atom. The molecule has 1 amide bonds. The molecule has 5 heteroatoms. The standard InChI is InChI=1S/C13H16N2O3/c1-8(13(17)18)5-9-3-4-10-11(6-9)15(2)7-12(16)14-10/h3-4,6,8H,5,7H2,1-2H3,(H,14,16)(H,17,18). The zero-order valence-corrected chi connectivity index (χ0v) is 10.4. The molecule has 96 valence electrons. The van der Waals surface area contributed by atoms with E-state index >= 15 is 0 Å². The normalized spacial score (nSPS) is 15.9. The van der Waals surface area contributed by atoms with Gasteiger partial charge in [0, 0.05) is 7.05 Å². The number of likely N-dealkylation sites (N-methyl/N-ethyl adjacent to an activating group) is 1. The molecule has 0 aromatic heterocycles. The van der Waals surface area contributed by atoms with Crippen LogP contribution in [0.4, 0.5) is 11.4 Å². The summed E-state index contributed by atoms with van der Waals surface area (Å²) in [5, 5.41) is 11.7. The van der Waals surface area contributed by atoms with E-state index in [1.165, 1.54) is 0 Å². The molecule has 0 spiro atoms. The highest BCUT2D eigenvalue weighted by atomic mass is 16.4. The molecular formula is C13H16N2O3. The molecular weight excluding hydrogens is 232 g/mol. The van der Waals surface area contributed by atoms with E-state index in [0.29, 0.717) is 13.0 Å². The average molecular weight is 248 g/mol. The number of nitrogens with zero attached hydrogens (tertiary/aromatic N) is 1. The summed E-state index contributed by atoms with van der Waals surface area (Å²) in [5.41, 5.74) is 2.68. The van der Waals surface area contributed by atoms with Gasteiger partial charge in [0.2, 0.25) is 5.91 Å². The van der Waals surface area contributed by atoms with Crippen molar-refractivity contribution in [3.63, 3.8) is 0 Å². The van der Waals surface area contributed by atoms with Crippen LogP contribution in [0.25, 0.3) is 0 Å². The van der Waals surface area contributed by atoms with Crippen molar-refractivity contribution in [1.29, 1.82) is 0 Å². The molecule has 0 saturated heterocycles. The third kappa shape index (κ3) is 2.45. The third-order valence-electron chi connectivity index (χ3n) is 3.09. The molecule has 0 fully saturated rings. The topological polar surface area (TPSA) is 69.6 Å². The fourth-order valence-corrected chi connectivity index (χ4v) is 2.06. The van der Waals surface area contributed by atoms with E-state index in [9.17, 15) is 9.59 Å². The minimum Gasteiger partial charge on any atom is -0.481 e. The van der Waals surface area contributed by atoms with Gasteiger partial charge in [0.15, 0.2) is 0 Å². The van der Waals surface area contributed by atoms with Crippen LogP contribution in [0.15, 0.2) is 18.2 Å². The van der Waals surface area contributed by atoms with Gasteiger partial charge in [0.25, 0.3) is 0 Å². The summed E-state index contributed by atoms with van der Waals surface area (Å²) in [5.74, 6) is -1.24. The highest BCUT2D eigenvalue weighted by molar-refractivity contribution is 6.01. The maximum atomic E-state index is 11.4. The summed E-state index contributed by atoms with van der Waals surface area (Å²) in [6.45, 7) is 2.01. The Balaban J connectivity index is 2.24. The van der Waals surface area contributed by atoms with Gasteiger partial charge in [-0.3, -0.25) is 9.59 Å². The van der Waals surface area contributed by atoms with Crippen LogP contribution in [0.3, 0.4) is 0 Å². The van der Waals surface area contributed by atoms with Crippen molar-refractivity contribution in [2.75, 3.05) is 23.8 Å². The van der Waals surface area contributed by atoms with E-state index in [4.69, 9.17) is 5.11 Å². The summed E-state index contributed by atoms with van der Waals surface area (Å²) in [7, 11) is 1.85. The van der Waals surface area contributed by atoms with Gasteiger partial charge in [-0.15, -0.1) is 0 Å². The first-order chi connectivity index (χ1) is 8.47. The molecule has 1 unspecified atom stereocenters. The zero-order valence-electron chi connectivity index (χ0n) is 10.4. The number of carbonyl (C=O) groups is 2. The van der Waals surface area contributed by atoms with Crippen molar-refractivity contribution in [2.45, 2.75) is 13.3 Å². The van der Waals surface area contributed by atoms with Gasteiger partial charge in [-0.2, -0.15) is 0 Å². The lowest BCUT2D eigenvalue weighted by molar-refractivity contribution is -0.141. The fourth-order valence-electron chi connectivity index (χ4n) is 2.06. The number of fused-ring (bicyclic) bond motifs is 1. The van der Waals surface area contributed by atoms with Gasteiger partial charge in [0.1, 0.15) is 0 Å². The lowest BCUT2D eigenvalue weighted by Crippen LogP contribution is -2.35. The number of carboxylic acid groups (broad SMARTS) is 1. The fraction of sp³-hybridized carbons (Fsp3) is 0.385. The zero-order chi connectivity index (χ0) is 13.3. The molecule has 0 saturated carbocycles. The van der Waals surface area contributed by atoms with Crippen LogP contribution in [0.1, 0.15) is 12.5 Å². The minimum atomic E-state index is -0.797. The number of hydrogen-bond donors (Lipinski definition) is 2. The molecule has 0 bridgehead atoms. The molecule has 1 aromatic rings. The van der Waals surface area contributed by atoms with Crippen LogP contribution in [0.2, 0.25) is 0 Å². The van der Waals surface area contributed by atoms with Crippen molar-refractivity contribution in [3.8, 4) is 0 Å². The van der Waals surface area contributed by atoms with E-state index in [-0.39, 0.29) is 5.91 Å². The average Bonchev–Trinajstić information content (AvgIpc) is 2.29. The van der Waals surface area contributed by atoms with Gasteiger partial charge in [-0.05, 0) is 24.1 Å². The lowest BCUT2D eigenvalue weighted by Gasteiger charge is -2.27. The smallest absolute Gasteiger partial charge is 0.306 e. The third-order valence-corrected chi connectivity index (χ3v) is 3.09. The maximum Gasteiger partial charge on any atom is 0.306 e. The highest BCUT2D eigenvalue weighted by Crippen LogP contribution is 2.30. The number of carbonyl (C=O) groups excluding carboxylic acids is 1. The highest BCUT2D eigenvalue weighted by Gasteiger charge is 2.20. The van der Waals surface area contributed by atoms with E-state index in [1.54, 1.807) is 6.92 Å². The molecule has 1 aromatic carbocycles. The summed E-state index contributed by atoms with van der Waals surface area (Å²) < 4.78 is 0. The van der Waals surface area contributed by atoms with Crippen molar-refractivity contribution in [2.24, 2.45) is 5.92 Å². The first kappa shape index (κ1) is 12.4. The molecule has 18 heavy (non-hydrogen) atoms. The molecule has 0 radical (unpaired) electrons. The van der Waals surface area contributed by atoms with Crippen LogP contribution >= 0.6 is 0 Å². The van der Waals surface area contributed by atoms with E-state index in [2.05, 4.69) is 5.32 Å². The van der Waals surface area contributed by atoms with Gasteiger partial charge in [0.05, 0.1) is 23.8 Å². The minimum absolute atomic E-state index is 0.0309. The second-order valence-electron chi connectivity index (χ2n) is 4.70. The largest absolute Gasteiger partial charge is 0.481 e. The van der Waals surface area contributed by atoms with Gasteiger partial charge >= 0.3 is 5.97 Å². The van der Waals surface area contributed by atoms with Crippen molar-refractivity contribution < 1.29 is 14.7 Å². The Bertz CT molecular complexity index is 499. The molecule has 0 aliphatic carbocycles. The molecule has 1 heterocycles. The van der Waals surface area contributed by atoms with Crippen molar-refractivity contribution in [3.05, 3.63) is 23.8 Å². The summed E-state index contributed by atoms with van der Waals surface area (Å²) in [6.07, 6.45) is 0.490. The number of rotatable bonds is 3. The van der Waals surface area contributed by atoms with Crippen LogP contribution < -0.4 is 10.2 Å². The van der Waals surface area contributed by atoms with Crippen LogP contribution in [0, 0.1) is 5.92 Å². The lowest BCUT2D eigenvalue weighted by atomic mass is 10.00. The van der Waals surface area contributed by atoms with Gasteiger partial charge in [-0.1, -0.05) is 13.0 Å². The number of benzene rings is 1. The summed E-state index contributed by atoms with van der Waals surface area (Å²) >= 11 is 0. The van der Waals surface area contributed by atoms with E-state index in [1.807, 2.05) is 30.1 Å². The molecule has 5 nitrogen and oxygen atoms in total. The second kappa shape index (κ2) is 4.68. The van der Waals surface area contributed by atoms with Gasteiger partial charge in [-0.25, -0.2) is 0 Å². The molecule has 1 aliphatic heterocycles. The molecule has 1 aliphatic rings. The summed E-state index contributed by atoms with van der Waals surface area (Å²) in [6, 6.07) is 5.62. The Labute approximate surface area is 105 Å². The second-order valence-corrected chi connectivity index (χ2v) is 4.70. The Morgan fingerprint density at radius 1 is 1.56 bits per heavy atom. The monoisotopic (exact) mass is 248 g/mol. The van der Waals surface area contributed by atoms with Gasteiger partial charge < -0.3 is 15.3 Å². The number of nitrogens with one attached hydrogen (secondary N) is 1. The van der Waals surface area contributed by atoms with Crippen LogP contribution in [-0.4, -0.2) is 30.6 Å². The predicted molar refractivity (Wildman–Crippen MR) is 68.8 cm³/mol. The quantitative estimate of drug-likeness (QED) is 0.847. The number of carboxylic acids is 1. The number of anilines is 2. The Morgan fingerprint density at radius 2 is 2.28 bits per heavy atom. The van der Waals surface area contributed by atoms with E-state index < -0.39 is 11.9 Å². The maximum absolute atomic E-state index is 11.4. The van der Waals surface area contributed by atoms with Crippen molar-refractivity contribution in [1.82, 2.24) is 0 Å². The SMILES string of the molecule is CC(Cc1ccc2c(c1)N(C)CC(=O)N2)C(=O)O. The molecule has 2 N–H and O–H groups in total. The number of hydrogen-bond acceptors (Lipinski definition) is 3.